The minimum Gasteiger partial charge on any atom is -0.497 e. The molecule has 1 aromatic heterocycles. The highest BCUT2D eigenvalue weighted by Crippen LogP contribution is 2.41. The van der Waals surface area contributed by atoms with Gasteiger partial charge in [-0.15, -0.1) is 12.4 Å². The highest BCUT2D eigenvalue weighted by atomic mass is 35.5. The van der Waals surface area contributed by atoms with Crippen molar-refractivity contribution in [3.63, 3.8) is 0 Å². The van der Waals surface area contributed by atoms with E-state index in [0.29, 0.717) is 30.3 Å². The molecule has 1 aliphatic heterocycles. The van der Waals surface area contributed by atoms with Gasteiger partial charge in [0, 0.05) is 30.1 Å². The average Bonchev–Trinajstić information content (AvgIpc) is 3.01. The molecule has 0 radical (unpaired) electrons. The number of ether oxygens (including phenoxy) is 3. The van der Waals surface area contributed by atoms with Crippen LogP contribution >= 0.6 is 12.4 Å². The predicted molar refractivity (Wildman–Crippen MR) is 107 cm³/mol. The zero-order valence-corrected chi connectivity index (χ0v) is 16.2. The van der Waals surface area contributed by atoms with Crippen LogP contribution in [-0.2, 0) is 6.54 Å². The molecule has 4 rings (SSSR count). The van der Waals surface area contributed by atoms with Gasteiger partial charge in [-0.05, 0) is 23.8 Å². The summed E-state index contributed by atoms with van der Waals surface area (Å²) in [7, 11) is 4.86. The maximum absolute atomic E-state index is 12.7. The molecule has 3 aromatic rings. The van der Waals surface area contributed by atoms with Gasteiger partial charge in [-0.1, -0.05) is 12.1 Å². The normalized spacial score (nSPS) is 12.8. The van der Waals surface area contributed by atoms with Gasteiger partial charge in [0.05, 0.1) is 26.8 Å². The van der Waals surface area contributed by atoms with Crippen LogP contribution in [0, 0.1) is 0 Å². The third kappa shape index (κ3) is 2.96. The van der Waals surface area contributed by atoms with E-state index < -0.39 is 0 Å². The topological polar surface area (TPSA) is 61.7 Å². The van der Waals surface area contributed by atoms with Crippen molar-refractivity contribution >= 4 is 29.2 Å². The molecule has 1 N–H and O–H groups in total. The van der Waals surface area contributed by atoms with Crippen molar-refractivity contribution in [2.45, 2.75) is 6.54 Å². The highest BCUT2D eigenvalue weighted by Gasteiger charge is 2.27. The molecule has 0 saturated heterocycles. The fourth-order valence-corrected chi connectivity index (χ4v) is 3.56. The quantitative estimate of drug-likeness (QED) is 0.743. The number of nitrogens with zero attached hydrogens (tertiary/aromatic N) is 1. The smallest absolute Gasteiger partial charge is 0.268 e. The first-order chi connectivity index (χ1) is 12.7. The molecular formula is C20H21ClN2O4. The molecule has 0 saturated carbocycles. The predicted octanol–water partition coefficient (Wildman–Crippen LogP) is 3.50. The first-order valence-electron chi connectivity index (χ1n) is 8.38. The minimum absolute atomic E-state index is 0. The lowest BCUT2D eigenvalue weighted by Gasteiger charge is -2.18. The van der Waals surface area contributed by atoms with Gasteiger partial charge >= 0.3 is 0 Å². The molecule has 142 valence electrons. The van der Waals surface area contributed by atoms with Gasteiger partial charge in [0.25, 0.3) is 5.91 Å². The average molecular weight is 389 g/mol. The number of nitrogens with one attached hydrogen (secondary N) is 1. The second-order valence-corrected chi connectivity index (χ2v) is 6.08. The molecule has 1 aliphatic rings. The summed E-state index contributed by atoms with van der Waals surface area (Å²) in [5.41, 5.74) is 3.46. The van der Waals surface area contributed by atoms with Crippen molar-refractivity contribution in [3.8, 4) is 28.4 Å². The number of fused-ring (bicyclic) bond motifs is 3. The third-order valence-electron chi connectivity index (χ3n) is 4.78. The van der Waals surface area contributed by atoms with E-state index in [1.165, 1.54) is 0 Å². The summed E-state index contributed by atoms with van der Waals surface area (Å²) in [6.45, 7) is 1.31. The molecule has 0 unspecified atom stereocenters. The second-order valence-electron chi connectivity index (χ2n) is 6.08. The molecule has 0 spiro atoms. The van der Waals surface area contributed by atoms with Crippen molar-refractivity contribution in [3.05, 3.63) is 42.1 Å². The molecule has 27 heavy (non-hydrogen) atoms. The Morgan fingerprint density at radius 3 is 2.26 bits per heavy atom. The molecule has 0 bridgehead atoms. The Labute approximate surface area is 163 Å². The van der Waals surface area contributed by atoms with Gasteiger partial charge in [0.2, 0.25) is 0 Å². The molecule has 6 nitrogen and oxygen atoms in total. The standard InChI is InChI=1S/C20H20N2O4.ClH/c1-24-13-6-4-12(5-7-13)18-14-10-16(25-2)17(26-3)11-15(14)22-9-8-21-20(23)19(18)22;/h4-7,10-11H,8-9H2,1-3H3,(H,21,23);1H. The van der Waals surface area contributed by atoms with Crippen LogP contribution in [0.4, 0.5) is 0 Å². The number of hydrogen-bond donors (Lipinski definition) is 1. The Bertz CT molecular complexity index is 996. The molecule has 2 aromatic carbocycles. The van der Waals surface area contributed by atoms with E-state index in [1.54, 1.807) is 21.3 Å². The summed E-state index contributed by atoms with van der Waals surface area (Å²) in [6, 6.07) is 11.6. The fourth-order valence-electron chi connectivity index (χ4n) is 3.56. The number of hydrogen-bond acceptors (Lipinski definition) is 4. The fraction of sp³-hybridized carbons (Fsp3) is 0.250. The minimum atomic E-state index is -0.0730. The maximum atomic E-state index is 12.7. The van der Waals surface area contributed by atoms with Crippen LogP contribution in [0.5, 0.6) is 17.2 Å². The number of halogens is 1. The number of amides is 1. The van der Waals surface area contributed by atoms with Crippen LogP contribution in [0.15, 0.2) is 36.4 Å². The van der Waals surface area contributed by atoms with Crippen molar-refractivity contribution in [1.29, 1.82) is 0 Å². The van der Waals surface area contributed by atoms with Gasteiger partial charge in [0.15, 0.2) is 11.5 Å². The lowest BCUT2D eigenvalue weighted by molar-refractivity contribution is 0.0930. The van der Waals surface area contributed by atoms with Gasteiger partial charge in [-0.2, -0.15) is 0 Å². The van der Waals surface area contributed by atoms with Gasteiger partial charge in [-0.25, -0.2) is 0 Å². The maximum Gasteiger partial charge on any atom is 0.268 e. The zero-order valence-electron chi connectivity index (χ0n) is 15.4. The lowest BCUT2D eigenvalue weighted by atomic mass is 10.0. The van der Waals surface area contributed by atoms with E-state index in [4.69, 9.17) is 14.2 Å². The highest BCUT2D eigenvalue weighted by molar-refractivity contribution is 6.11. The second kappa shape index (κ2) is 7.40. The van der Waals surface area contributed by atoms with E-state index >= 15 is 0 Å². The molecule has 0 aliphatic carbocycles. The first kappa shape index (κ1) is 18.9. The molecule has 2 heterocycles. The van der Waals surface area contributed by atoms with Gasteiger partial charge in [-0.3, -0.25) is 4.79 Å². The number of rotatable bonds is 4. The van der Waals surface area contributed by atoms with Crippen molar-refractivity contribution < 1.29 is 19.0 Å². The molecular weight excluding hydrogens is 368 g/mol. The SMILES string of the molecule is COc1ccc(-c2c3n(c4cc(OC)c(OC)cc24)CCNC3=O)cc1.Cl. The number of aromatic nitrogens is 1. The van der Waals surface area contributed by atoms with E-state index in [9.17, 15) is 4.79 Å². The third-order valence-corrected chi connectivity index (χ3v) is 4.78. The summed E-state index contributed by atoms with van der Waals surface area (Å²) in [6.07, 6.45) is 0. The Hall–Kier alpha value is -2.86. The largest absolute Gasteiger partial charge is 0.497 e. The van der Waals surface area contributed by atoms with Crippen molar-refractivity contribution in [2.24, 2.45) is 0 Å². The number of carbonyl (C=O) groups excluding carboxylic acids is 1. The van der Waals surface area contributed by atoms with E-state index in [0.717, 1.165) is 27.8 Å². The number of benzene rings is 2. The summed E-state index contributed by atoms with van der Waals surface area (Å²) in [5, 5.41) is 3.90. The van der Waals surface area contributed by atoms with Gasteiger partial charge < -0.3 is 24.1 Å². The van der Waals surface area contributed by atoms with E-state index in [1.807, 2.05) is 36.4 Å². The Kier molecular flexibility index (Phi) is 5.19. The van der Waals surface area contributed by atoms with E-state index in [2.05, 4.69) is 9.88 Å². The summed E-state index contributed by atoms with van der Waals surface area (Å²) in [4.78, 5) is 12.7. The molecule has 7 heteroatoms. The van der Waals surface area contributed by atoms with Crippen molar-refractivity contribution in [2.75, 3.05) is 27.9 Å². The summed E-state index contributed by atoms with van der Waals surface area (Å²) < 4.78 is 18.2. The van der Waals surface area contributed by atoms with Crippen LogP contribution < -0.4 is 19.5 Å². The van der Waals surface area contributed by atoms with E-state index in [-0.39, 0.29) is 18.3 Å². The lowest BCUT2D eigenvalue weighted by Crippen LogP contribution is -2.35. The Morgan fingerprint density at radius 1 is 0.963 bits per heavy atom. The zero-order chi connectivity index (χ0) is 18.3. The number of methoxy groups -OCH3 is 3. The Balaban J connectivity index is 0.00000210. The van der Waals surface area contributed by atoms with Crippen LogP contribution in [0.1, 0.15) is 10.5 Å². The summed E-state index contributed by atoms with van der Waals surface area (Å²) >= 11 is 0. The van der Waals surface area contributed by atoms with Crippen LogP contribution in [0.25, 0.3) is 22.0 Å². The summed E-state index contributed by atoms with van der Waals surface area (Å²) in [5.74, 6) is 1.98. The number of carbonyl (C=O) groups is 1. The van der Waals surface area contributed by atoms with Crippen LogP contribution in [0.2, 0.25) is 0 Å². The van der Waals surface area contributed by atoms with Crippen molar-refractivity contribution in [1.82, 2.24) is 9.88 Å². The molecule has 1 amide bonds. The van der Waals surface area contributed by atoms with Gasteiger partial charge in [0.1, 0.15) is 11.4 Å². The first-order valence-corrected chi connectivity index (χ1v) is 8.38. The monoisotopic (exact) mass is 388 g/mol. The molecule has 0 atom stereocenters. The molecule has 0 fully saturated rings. The Morgan fingerprint density at radius 2 is 1.63 bits per heavy atom. The van der Waals surface area contributed by atoms with Crippen LogP contribution in [-0.4, -0.2) is 38.3 Å². The van der Waals surface area contributed by atoms with Crippen LogP contribution in [0.3, 0.4) is 0 Å².